The minimum atomic E-state index is -4.78. The summed E-state index contributed by atoms with van der Waals surface area (Å²) in [5.74, 6) is -0.539. The second kappa shape index (κ2) is 11.9. The number of anilines is 1. The number of thioether (sulfide) groups is 1. The first-order chi connectivity index (χ1) is 20.1. The van der Waals surface area contributed by atoms with Gasteiger partial charge in [-0.05, 0) is 73.2 Å². The van der Waals surface area contributed by atoms with E-state index in [0.717, 1.165) is 22.2 Å². The molecule has 15 heteroatoms. The van der Waals surface area contributed by atoms with Gasteiger partial charge in [-0.3, -0.25) is 9.69 Å². The molecule has 4 aromatic rings. The molecule has 0 bridgehead atoms. The molecule has 1 fully saturated rings. The summed E-state index contributed by atoms with van der Waals surface area (Å²) in [6, 6.07) is 15.4. The maximum Gasteiger partial charge on any atom is 0.573 e. The van der Waals surface area contributed by atoms with E-state index in [-0.39, 0.29) is 35.0 Å². The predicted octanol–water partition coefficient (Wildman–Crippen LogP) is 5.46. The average molecular weight is 601 g/mol. The number of carbonyl (C=O) groups excluding carboxylic acids is 2. The van der Waals surface area contributed by atoms with E-state index < -0.39 is 18.2 Å². The second-order valence-electron chi connectivity index (χ2n) is 8.72. The molecular formula is C27H20F4N6O4S. The highest BCUT2D eigenvalue weighted by Gasteiger charge is 2.32. The Morgan fingerprint density at radius 1 is 1.07 bits per heavy atom. The number of ether oxygens (including phenoxy) is 2. The quantitative estimate of drug-likeness (QED) is 0.222. The van der Waals surface area contributed by atoms with Gasteiger partial charge in [-0.2, -0.15) is 4.99 Å². The molecule has 1 aliphatic rings. The number of alkyl halides is 3. The Morgan fingerprint density at radius 2 is 1.79 bits per heavy atom. The van der Waals surface area contributed by atoms with Gasteiger partial charge in [-0.1, -0.05) is 17.8 Å². The average Bonchev–Trinajstić information content (AvgIpc) is 3.57. The largest absolute Gasteiger partial charge is 0.573 e. The smallest absolute Gasteiger partial charge is 0.473 e. The molecule has 1 aromatic heterocycles. The number of halogens is 4. The SMILES string of the molecule is Cc1ccc(F)c(N2C(=O)CS/C2=N\C(=O)NCOc2ccc(-c3ncn(-c4ccc(OC(F)(F)F)cc4)n3)cc2)c1. The highest BCUT2D eigenvalue weighted by molar-refractivity contribution is 8.15. The van der Waals surface area contributed by atoms with Crippen molar-refractivity contribution in [3.63, 3.8) is 0 Å². The van der Waals surface area contributed by atoms with Gasteiger partial charge in [0.2, 0.25) is 5.91 Å². The van der Waals surface area contributed by atoms with E-state index in [2.05, 4.69) is 25.1 Å². The maximum absolute atomic E-state index is 14.3. The highest BCUT2D eigenvalue weighted by Crippen LogP contribution is 2.30. The number of aliphatic imine (C=N–C) groups is 1. The Hall–Kier alpha value is -4.92. The van der Waals surface area contributed by atoms with Crippen LogP contribution in [0, 0.1) is 12.7 Å². The van der Waals surface area contributed by atoms with Crippen LogP contribution in [-0.4, -0.2) is 50.7 Å². The van der Waals surface area contributed by atoms with Gasteiger partial charge < -0.3 is 14.8 Å². The van der Waals surface area contributed by atoms with Crippen molar-refractivity contribution in [1.29, 1.82) is 0 Å². The van der Waals surface area contributed by atoms with Gasteiger partial charge in [-0.25, -0.2) is 18.9 Å². The van der Waals surface area contributed by atoms with Crippen molar-refractivity contribution in [1.82, 2.24) is 20.1 Å². The topological polar surface area (TPSA) is 111 Å². The Bertz CT molecular complexity index is 1640. The van der Waals surface area contributed by atoms with Gasteiger partial charge in [0.1, 0.15) is 23.6 Å². The Morgan fingerprint density at radius 3 is 2.50 bits per heavy atom. The normalized spacial score (nSPS) is 14.4. The van der Waals surface area contributed by atoms with E-state index in [4.69, 9.17) is 4.74 Å². The number of aromatic nitrogens is 3. The number of rotatable bonds is 7. The number of carbonyl (C=O) groups is 2. The van der Waals surface area contributed by atoms with E-state index in [1.165, 1.54) is 47.4 Å². The summed E-state index contributed by atoms with van der Waals surface area (Å²) in [6.07, 6.45) is -3.36. The summed E-state index contributed by atoms with van der Waals surface area (Å²) in [6.45, 7) is 1.53. The molecule has 0 radical (unpaired) electrons. The van der Waals surface area contributed by atoms with Crippen LogP contribution in [0.2, 0.25) is 0 Å². The molecule has 5 rings (SSSR count). The van der Waals surface area contributed by atoms with Crippen LogP contribution in [0.5, 0.6) is 11.5 Å². The third-order valence-electron chi connectivity index (χ3n) is 5.71. The summed E-state index contributed by atoms with van der Waals surface area (Å²) in [7, 11) is 0. The minimum absolute atomic E-state index is 0.0264. The van der Waals surface area contributed by atoms with E-state index in [1.807, 2.05) is 0 Å². The zero-order valence-corrected chi connectivity index (χ0v) is 22.4. The van der Waals surface area contributed by atoms with Crippen molar-refractivity contribution in [2.75, 3.05) is 17.4 Å². The van der Waals surface area contributed by atoms with Crippen LogP contribution >= 0.6 is 11.8 Å². The first-order valence-electron chi connectivity index (χ1n) is 12.2. The fourth-order valence-corrected chi connectivity index (χ4v) is 4.66. The maximum atomic E-state index is 14.3. The van der Waals surface area contributed by atoms with Crippen LogP contribution in [0.4, 0.5) is 28.0 Å². The van der Waals surface area contributed by atoms with Gasteiger partial charge in [0, 0.05) is 5.56 Å². The summed E-state index contributed by atoms with van der Waals surface area (Å²) in [5.41, 5.74) is 1.90. The summed E-state index contributed by atoms with van der Waals surface area (Å²) in [4.78, 5) is 33.9. The highest BCUT2D eigenvalue weighted by atomic mass is 32.2. The Kier molecular flexibility index (Phi) is 8.10. The fraction of sp³-hybridized carbons (Fsp3) is 0.148. The van der Waals surface area contributed by atoms with E-state index in [0.29, 0.717) is 22.8 Å². The lowest BCUT2D eigenvalue weighted by Crippen LogP contribution is -2.32. The van der Waals surface area contributed by atoms with Crippen LogP contribution in [0.15, 0.2) is 78.0 Å². The number of nitrogens with zero attached hydrogens (tertiary/aromatic N) is 5. The van der Waals surface area contributed by atoms with Crippen molar-refractivity contribution in [2.45, 2.75) is 13.3 Å². The molecule has 1 saturated heterocycles. The molecular weight excluding hydrogens is 580 g/mol. The molecule has 42 heavy (non-hydrogen) atoms. The molecule has 0 atom stereocenters. The number of amidine groups is 1. The third-order valence-corrected chi connectivity index (χ3v) is 6.63. The van der Waals surface area contributed by atoms with Crippen LogP contribution in [0.25, 0.3) is 17.1 Å². The van der Waals surface area contributed by atoms with Crippen LogP contribution < -0.4 is 19.7 Å². The summed E-state index contributed by atoms with van der Waals surface area (Å²) >= 11 is 1.03. The number of nitrogens with one attached hydrogen (secondary N) is 1. The Balaban J connectivity index is 1.16. The van der Waals surface area contributed by atoms with Crippen molar-refractivity contribution in [3.8, 4) is 28.6 Å². The summed E-state index contributed by atoms with van der Waals surface area (Å²) < 4.78 is 62.2. The van der Waals surface area contributed by atoms with E-state index in [1.54, 1.807) is 37.3 Å². The molecule has 0 spiro atoms. The second-order valence-corrected chi connectivity index (χ2v) is 9.66. The minimum Gasteiger partial charge on any atom is -0.473 e. The van der Waals surface area contributed by atoms with Crippen molar-refractivity contribution >= 4 is 34.6 Å². The molecule has 2 heterocycles. The number of benzene rings is 3. The lowest BCUT2D eigenvalue weighted by atomic mass is 10.2. The molecule has 1 aliphatic heterocycles. The van der Waals surface area contributed by atoms with Crippen molar-refractivity contribution in [2.24, 2.45) is 4.99 Å². The van der Waals surface area contributed by atoms with Crippen LogP contribution in [-0.2, 0) is 4.79 Å². The van der Waals surface area contributed by atoms with Crippen molar-refractivity contribution in [3.05, 3.63) is 84.4 Å². The number of amides is 3. The summed E-state index contributed by atoms with van der Waals surface area (Å²) in [5, 5.41) is 6.86. The van der Waals surface area contributed by atoms with Gasteiger partial charge in [0.05, 0.1) is 17.1 Å². The van der Waals surface area contributed by atoms with Gasteiger partial charge >= 0.3 is 12.4 Å². The molecule has 0 unspecified atom stereocenters. The molecule has 3 amide bonds. The van der Waals surface area contributed by atoms with Crippen molar-refractivity contribution < 1.29 is 36.6 Å². The Labute approximate surface area is 240 Å². The number of hydrogen-bond acceptors (Lipinski definition) is 7. The van der Waals surface area contributed by atoms with Gasteiger partial charge in [0.25, 0.3) is 0 Å². The molecule has 10 nitrogen and oxygen atoms in total. The van der Waals surface area contributed by atoms with Crippen LogP contribution in [0.3, 0.4) is 0 Å². The number of aryl methyl sites for hydroxylation is 1. The zero-order chi connectivity index (χ0) is 29.9. The van der Waals surface area contributed by atoms with Gasteiger partial charge in [0.15, 0.2) is 17.7 Å². The first-order valence-corrected chi connectivity index (χ1v) is 13.1. The molecule has 3 aromatic carbocycles. The molecule has 1 N–H and O–H groups in total. The predicted molar refractivity (Wildman–Crippen MR) is 146 cm³/mol. The van der Waals surface area contributed by atoms with Crippen LogP contribution in [0.1, 0.15) is 5.56 Å². The number of urea groups is 1. The van der Waals surface area contributed by atoms with E-state index in [9.17, 15) is 27.2 Å². The molecule has 0 aliphatic carbocycles. The third kappa shape index (κ3) is 6.86. The lowest BCUT2D eigenvalue weighted by molar-refractivity contribution is -0.274. The zero-order valence-electron chi connectivity index (χ0n) is 21.6. The molecule has 0 saturated carbocycles. The first kappa shape index (κ1) is 28.6. The standard InChI is InChI=1S/C27H20F4N6O4S/c1-16-2-11-21(28)22(12-16)37-23(38)13-42-26(37)34-25(39)33-15-40-19-7-3-17(4-8-19)24-32-14-36(35-24)18-5-9-20(10-6-18)41-27(29,30)31/h2-12,14H,13,15H2,1H3,(H,33,39)/b34-26-. The number of hydrogen-bond donors (Lipinski definition) is 1. The monoisotopic (exact) mass is 600 g/mol. The van der Waals surface area contributed by atoms with E-state index >= 15 is 0 Å². The lowest BCUT2D eigenvalue weighted by Gasteiger charge is -2.17. The van der Waals surface area contributed by atoms with Gasteiger partial charge in [-0.15, -0.1) is 18.3 Å². The fourth-order valence-electron chi connectivity index (χ4n) is 3.80. The molecule has 216 valence electrons.